The number of hydrogen-bond acceptors (Lipinski definition) is 3. The minimum Gasteiger partial charge on any atom is -0.298 e. The Labute approximate surface area is 103 Å². The second-order valence-electron chi connectivity index (χ2n) is 2.85. The summed E-state index contributed by atoms with van der Waals surface area (Å²) in [5.41, 5.74) is 0.394. The van der Waals surface area contributed by atoms with Crippen molar-refractivity contribution in [2.24, 2.45) is 0 Å². The number of nitro benzene ring substituents is 1. The Kier molecular flexibility index (Phi) is 4.41. The number of nitrogens with zero attached hydrogens (tertiary/aromatic N) is 1. The SMILES string of the molecule is O=C(CBr)Cc1cccc(Br)c1[N+](=O)[O-]. The first-order valence-corrected chi connectivity index (χ1v) is 5.97. The van der Waals surface area contributed by atoms with E-state index in [2.05, 4.69) is 31.9 Å². The van der Waals surface area contributed by atoms with E-state index in [-0.39, 0.29) is 23.2 Å². The zero-order chi connectivity index (χ0) is 11.4. The van der Waals surface area contributed by atoms with E-state index in [9.17, 15) is 14.9 Å². The van der Waals surface area contributed by atoms with Gasteiger partial charge >= 0.3 is 0 Å². The molecule has 0 aliphatic heterocycles. The maximum atomic E-state index is 11.2. The summed E-state index contributed by atoms with van der Waals surface area (Å²) in [6, 6.07) is 4.84. The predicted octanol–water partition coefficient (Wildman–Crippen LogP) is 2.86. The summed E-state index contributed by atoms with van der Waals surface area (Å²) in [7, 11) is 0. The highest BCUT2D eigenvalue weighted by atomic mass is 79.9. The Hall–Kier alpha value is -0.750. The Morgan fingerprint density at radius 2 is 2.13 bits per heavy atom. The summed E-state index contributed by atoms with van der Waals surface area (Å²) in [4.78, 5) is 21.5. The van der Waals surface area contributed by atoms with Gasteiger partial charge in [-0.15, -0.1) is 0 Å². The summed E-state index contributed by atoms with van der Waals surface area (Å²) >= 11 is 6.12. The van der Waals surface area contributed by atoms with Crippen LogP contribution in [0.4, 0.5) is 5.69 Å². The maximum absolute atomic E-state index is 11.2. The fourth-order valence-corrected chi connectivity index (χ4v) is 1.92. The number of halogens is 2. The molecule has 15 heavy (non-hydrogen) atoms. The normalized spacial score (nSPS) is 10.0. The zero-order valence-corrected chi connectivity index (χ0v) is 10.7. The molecular weight excluding hydrogens is 330 g/mol. The highest BCUT2D eigenvalue weighted by Gasteiger charge is 2.19. The van der Waals surface area contributed by atoms with Gasteiger partial charge in [-0.25, -0.2) is 0 Å². The van der Waals surface area contributed by atoms with Crippen molar-refractivity contribution >= 4 is 43.3 Å². The largest absolute Gasteiger partial charge is 0.298 e. The van der Waals surface area contributed by atoms with Gasteiger partial charge in [0, 0.05) is 12.0 Å². The van der Waals surface area contributed by atoms with E-state index in [0.29, 0.717) is 10.0 Å². The molecule has 0 unspecified atom stereocenters. The van der Waals surface area contributed by atoms with E-state index in [4.69, 9.17) is 0 Å². The Morgan fingerprint density at radius 1 is 1.47 bits per heavy atom. The molecule has 0 bridgehead atoms. The van der Waals surface area contributed by atoms with Gasteiger partial charge in [0.1, 0.15) is 5.78 Å². The summed E-state index contributed by atoms with van der Waals surface area (Å²) in [5, 5.41) is 11.0. The van der Waals surface area contributed by atoms with E-state index in [0.717, 1.165) is 0 Å². The molecule has 6 heteroatoms. The maximum Gasteiger partial charge on any atom is 0.287 e. The van der Waals surface area contributed by atoms with Crippen molar-refractivity contribution in [2.75, 3.05) is 5.33 Å². The first-order chi connectivity index (χ1) is 7.06. The number of alkyl halides is 1. The van der Waals surface area contributed by atoms with Crippen LogP contribution in [0.3, 0.4) is 0 Å². The van der Waals surface area contributed by atoms with Crippen molar-refractivity contribution < 1.29 is 9.72 Å². The molecule has 0 N–H and O–H groups in total. The molecule has 0 spiro atoms. The number of ketones is 1. The van der Waals surface area contributed by atoms with Gasteiger partial charge in [-0.3, -0.25) is 14.9 Å². The molecule has 80 valence electrons. The third-order valence-corrected chi connectivity index (χ3v) is 3.05. The topological polar surface area (TPSA) is 60.2 Å². The summed E-state index contributed by atoms with van der Waals surface area (Å²) < 4.78 is 0.396. The summed E-state index contributed by atoms with van der Waals surface area (Å²) in [5.74, 6) is -0.0869. The van der Waals surface area contributed by atoms with E-state index >= 15 is 0 Å². The number of hydrogen-bond donors (Lipinski definition) is 0. The van der Waals surface area contributed by atoms with Crippen LogP contribution >= 0.6 is 31.9 Å². The van der Waals surface area contributed by atoms with Crippen LogP contribution in [0.2, 0.25) is 0 Å². The van der Waals surface area contributed by atoms with E-state index in [1.807, 2.05) is 0 Å². The molecule has 0 atom stereocenters. The second-order valence-corrected chi connectivity index (χ2v) is 4.27. The third-order valence-electron chi connectivity index (χ3n) is 1.79. The van der Waals surface area contributed by atoms with Gasteiger partial charge in [-0.1, -0.05) is 28.1 Å². The van der Waals surface area contributed by atoms with Crippen LogP contribution in [0.1, 0.15) is 5.56 Å². The van der Waals surface area contributed by atoms with Crippen LogP contribution in [-0.4, -0.2) is 16.0 Å². The fourth-order valence-electron chi connectivity index (χ4n) is 1.17. The van der Waals surface area contributed by atoms with E-state index in [1.165, 1.54) is 0 Å². The number of carbonyl (C=O) groups excluding carboxylic acids is 1. The van der Waals surface area contributed by atoms with E-state index < -0.39 is 4.92 Å². The Bertz CT molecular complexity index is 406. The fraction of sp³-hybridized carbons (Fsp3) is 0.222. The smallest absolute Gasteiger partial charge is 0.287 e. The molecule has 0 radical (unpaired) electrons. The van der Waals surface area contributed by atoms with Crippen LogP contribution in [-0.2, 0) is 11.2 Å². The molecule has 0 aliphatic carbocycles. The third kappa shape index (κ3) is 3.10. The predicted molar refractivity (Wildman–Crippen MR) is 63.3 cm³/mol. The van der Waals surface area contributed by atoms with Gasteiger partial charge in [-0.2, -0.15) is 0 Å². The lowest BCUT2D eigenvalue weighted by Crippen LogP contribution is -2.06. The molecule has 1 aromatic rings. The quantitative estimate of drug-likeness (QED) is 0.482. The lowest BCUT2D eigenvalue weighted by molar-refractivity contribution is -0.386. The minimum atomic E-state index is -0.485. The zero-order valence-electron chi connectivity index (χ0n) is 7.57. The molecule has 1 rings (SSSR count). The molecule has 0 aliphatic rings. The van der Waals surface area contributed by atoms with Gasteiger partial charge in [0.15, 0.2) is 0 Å². The second kappa shape index (κ2) is 5.37. The van der Waals surface area contributed by atoms with Crippen molar-refractivity contribution in [1.29, 1.82) is 0 Å². The monoisotopic (exact) mass is 335 g/mol. The molecule has 0 heterocycles. The number of benzene rings is 1. The van der Waals surface area contributed by atoms with Crippen molar-refractivity contribution in [3.05, 3.63) is 38.3 Å². The highest BCUT2D eigenvalue weighted by Crippen LogP contribution is 2.28. The minimum absolute atomic E-state index is 0.0354. The number of nitro groups is 1. The van der Waals surface area contributed by atoms with Crippen molar-refractivity contribution in [1.82, 2.24) is 0 Å². The average molecular weight is 337 g/mol. The first-order valence-electron chi connectivity index (χ1n) is 4.05. The van der Waals surface area contributed by atoms with Crippen molar-refractivity contribution in [3.8, 4) is 0 Å². The van der Waals surface area contributed by atoms with Gasteiger partial charge in [0.2, 0.25) is 0 Å². The molecule has 4 nitrogen and oxygen atoms in total. The standard InChI is InChI=1S/C9H7Br2NO3/c10-5-7(13)4-6-2-1-3-8(11)9(6)12(14)15/h1-3H,4-5H2. The summed E-state index contributed by atoms with van der Waals surface area (Å²) in [6.45, 7) is 0. The Morgan fingerprint density at radius 3 is 2.67 bits per heavy atom. The number of carbonyl (C=O) groups is 1. The first kappa shape index (κ1) is 12.3. The number of para-hydroxylation sites is 1. The molecule has 0 fully saturated rings. The van der Waals surface area contributed by atoms with Crippen molar-refractivity contribution in [3.63, 3.8) is 0 Å². The molecule has 0 amide bonds. The van der Waals surface area contributed by atoms with Gasteiger partial charge in [0.05, 0.1) is 14.7 Å². The van der Waals surface area contributed by atoms with Crippen LogP contribution in [0.25, 0.3) is 0 Å². The van der Waals surface area contributed by atoms with Crippen LogP contribution < -0.4 is 0 Å². The average Bonchev–Trinajstić information content (AvgIpc) is 2.17. The lowest BCUT2D eigenvalue weighted by Gasteiger charge is -2.02. The van der Waals surface area contributed by atoms with Gasteiger partial charge in [0.25, 0.3) is 5.69 Å². The number of rotatable bonds is 4. The lowest BCUT2D eigenvalue weighted by atomic mass is 10.1. The molecule has 0 saturated heterocycles. The van der Waals surface area contributed by atoms with E-state index in [1.54, 1.807) is 18.2 Å². The summed E-state index contributed by atoms with van der Waals surface area (Å²) in [6.07, 6.45) is 0.0704. The van der Waals surface area contributed by atoms with Crippen LogP contribution in [0.15, 0.2) is 22.7 Å². The molecule has 0 saturated carbocycles. The van der Waals surface area contributed by atoms with Gasteiger partial charge < -0.3 is 0 Å². The molecule has 0 aromatic heterocycles. The van der Waals surface area contributed by atoms with Gasteiger partial charge in [-0.05, 0) is 22.0 Å². The van der Waals surface area contributed by atoms with Crippen LogP contribution in [0, 0.1) is 10.1 Å². The Balaban J connectivity index is 3.11. The highest BCUT2D eigenvalue weighted by molar-refractivity contribution is 9.10. The van der Waals surface area contributed by atoms with Crippen molar-refractivity contribution in [2.45, 2.75) is 6.42 Å². The molecular formula is C9H7Br2NO3. The number of Topliss-reactive ketones (excluding diaryl/α,β-unsaturated/α-hetero) is 1. The molecule has 1 aromatic carbocycles. The van der Waals surface area contributed by atoms with Crippen LogP contribution in [0.5, 0.6) is 0 Å².